The minimum absolute atomic E-state index is 0.00233. The van der Waals surface area contributed by atoms with E-state index in [4.69, 9.17) is 14.9 Å². The summed E-state index contributed by atoms with van der Waals surface area (Å²) >= 11 is 0. The molecule has 34 heavy (non-hydrogen) atoms. The first kappa shape index (κ1) is 27.8. The SMILES string of the molecule is COc1cc(O)c(CC=C(C)C)c(O)c1C(=O)/C=C/c1ccc(O)cc1.O=C(O)CCC(=O)O. The number of ketones is 1. The van der Waals surface area contributed by atoms with Crippen molar-refractivity contribution in [2.24, 2.45) is 0 Å². The Balaban J connectivity index is 0.000000620. The molecule has 9 heteroatoms. The second-order valence-electron chi connectivity index (χ2n) is 7.36. The molecule has 0 heterocycles. The number of phenols is 3. The maximum atomic E-state index is 12.6. The number of benzene rings is 2. The average Bonchev–Trinajstić information content (AvgIpc) is 2.76. The number of hydrogen-bond donors (Lipinski definition) is 5. The summed E-state index contributed by atoms with van der Waals surface area (Å²) in [4.78, 5) is 31.9. The van der Waals surface area contributed by atoms with Gasteiger partial charge in [0.25, 0.3) is 0 Å². The Morgan fingerprint density at radius 3 is 1.97 bits per heavy atom. The highest BCUT2D eigenvalue weighted by Crippen LogP contribution is 2.39. The maximum absolute atomic E-state index is 12.6. The molecular formula is C25H28O9. The summed E-state index contributed by atoms with van der Waals surface area (Å²) in [7, 11) is 1.37. The van der Waals surface area contributed by atoms with Crippen LogP contribution in [0.3, 0.4) is 0 Å². The fraction of sp³-hybridized carbons (Fsp3) is 0.240. The molecule has 0 bridgehead atoms. The van der Waals surface area contributed by atoms with E-state index in [1.807, 2.05) is 19.9 Å². The van der Waals surface area contributed by atoms with Crippen LogP contribution in [-0.4, -0.2) is 50.4 Å². The lowest BCUT2D eigenvalue weighted by atomic mass is 9.99. The van der Waals surface area contributed by atoms with Gasteiger partial charge in [0.1, 0.15) is 28.6 Å². The van der Waals surface area contributed by atoms with Gasteiger partial charge >= 0.3 is 11.9 Å². The van der Waals surface area contributed by atoms with Crippen LogP contribution in [0.25, 0.3) is 6.08 Å². The van der Waals surface area contributed by atoms with Crippen LogP contribution in [0.4, 0.5) is 0 Å². The molecule has 0 saturated carbocycles. The third kappa shape index (κ3) is 9.07. The summed E-state index contributed by atoms with van der Waals surface area (Å²) in [5.41, 5.74) is 2.02. The van der Waals surface area contributed by atoms with Gasteiger partial charge in [-0.2, -0.15) is 0 Å². The minimum atomic E-state index is -1.08. The molecule has 2 aromatic rings. The van der Waals surface area contributed by atoms with Gasteiger partial charge in [-0.15, -0.1) is 0 Å². The number of carboxylic acid groups (broad SMARTS) is 2. The zero-order chi connectivity index (χ0) is 25.8. The number of carboxylic acids is 2. The Morgan fingerprint density at radius 2 is 1.50 bits per heavy atom. The van der Waals surface area contributed by atoms with Gasteiger partial charge in [-0.1, -0.05) is 29.9 Å². The Labute approximate surface area is 196 Å². The van der Waals surface area contributed by atoms with E-state index in [2.05, 4.69) is 0 Å². The summed E-state index contributed by atoms with van der Waals surface area (Å²) in [5, 5.41) is 45.8. The van der Waals surface area contributed by atoms with Gasteiger partial charge in [0.2, 0.25) is 0 Å². The van der Waals surface area contributed by atoms with Gasteiger partial charge in [0.15, 0.2) is 5.78 Å². The van der Waals surface area contributed by atoms with Crippen LogP contribution in [0.15, 0.2) is 48.1 Å². The van der Waals surface area contributed by atoms with Crippen molar-refractivity contribution < 1.29 is 44.7 Å². The van der Waals surface area contributed by atoms with Gasteiger partial charge in [0.05, 0.1) is 20.0 Å². The van der Waals surface area contributed by atoms with Crippen LogP contribution in [0.1, 0.15) is 48.2 Å². The van der Waals surface area contributed by atoms with E-state index in [0.717, 1.165) is 11.1 Å². The molecule has 0 atom stereocenters. The van der Waals surface area contributed by atoms with E-state index in [-0.39, 0.29) is 47.0 Å². The lowest BCUT2D eigenvalue weighted by Crippen LogP contribution is -2.02. The zero-order valence-electron chi connectivity index (χ0n) is 19.1. The molecule has 0 aliphatic heterocycles. The number of carbonyl (C=O) groups is 3. The largest absolute Gasteiger partial charge is 0.508 e. The number of aromatic hydroxyl groups is 3. The molecule has 2 rings (SSSR count). The molecule has 0 aliphatic rings. The first-order valence-electron chi connectivity index (χ1n) is 10.2. The molecule has 9 nitrogen and oxygen atoms in total. The van der Waals surface area contributed by atoms with Crippen LogP contribution in [-0.2, 0) is 16.0 Å². The van der Waals surface area contributed by atoms with E-state index in [0.29, 0.717) is 6.42 Å². The molecule has 0 unspecified atom stereocenters. The summed E-state index contributed by atoms with van der Waals surface area (Å²) < 4.78 is 5.15. The van der Waals surface area contributed by atoms with Crippen molar-refractivity contribution >= 4 is 23.8 Å². The number of hydrogen-bond acceptors (Lipinski definition) is 7. The lowest BCUT2D eigenvalue weighted by Gasteiger charge is -2.13. The molecule has 0 aliphatic carbocycles. The monoisotopic (exact) mass is 472 g/mol. The van der Waals surface area contributed by atoms with Crippen molar-refractivity contribution in [2.75, 3.05) is 7.11 Å². The van der Waals surface area contributed by atoms with Crippen molar-refractivity contribution in [3.8, 4) is 23.0 Å². The molecule has 0 spiro atoms. The van der Waals surface area contributed by atoms with Crippen LogP contribution >= 0.6 is 0 Å². The molecule has 5 N–H and O–H groups in total. The van der Waals surface area contributed by atoms with Crippen molar-refractivity contribution in [1.29, 1.82) is 0 Å². The van der Waals surface area contributed by atoms with Crippen molar-refractivity contribution in [3.63, 3.8) is 0 Å². The first-order chi connectivity index (χ1) is 16.0. The molecule has 2 aromatic carbocycles. The third-order valence-corrected chi connectivity index (χ3v) is 4.40. The molecule has 182 valence electrons. The highest BCUT2D eigenvalue weighted by Gasteiger charge is 2.21. The van der Waals surface area contributed by atoms with Gasteiger partial charge < -0.3 is 30.3 Å². The third-order valence-electron chi connectivity index (χ3n) is 4.40. The number of ether oxygens (including phenoxy) is 1. The van der Waals surface area contributed by atoms with E-state index in [1.54, 1.807) is 18.2 Å². The normalized spacial score (nSPS) is 10.2. The highest BCUT2D eigenvalue weighted by atomic mass is 16.5. The molecule has 0 fully saturated rings. The van der Waals surface area contributed by atoms with Crippen LogP contribution in [0.2, 0.25) is 0 Å². The summed E-state index contributed by atoms with van der Waals surface area (Å²) in [5.74, 6) is -2.79. The maximum Gasteiger partial charge on any atom is 0.303 e. The van der Waals surface area contributed by atoms with Crippen molar-refractivity contribution in [2.45, 2.75) is 33.1 Å². The summed E-state index contributed by atoms with van der Waals surface area (Å²) in [6, 6.07) is 7.68. The highest BCUT2D eigenvalue weighted by molar-refractivity contribution is 6.11. The fourth-order valence-corrected chi connectivity index (χ4v) is 2.63. The Kier molecular flexibility index (Phi) is 10.9. The summed E-state index contributed by atoms with van der Waals surface area (Å²) in [6.07, 6.45) is 4.44. The van der Waals surface area contributed by atoms with E-state index >= 15 is 0 Å². The molecule has 0 radical (unpaired) electrons. The quantitative estimate of drug-likeness (QED) is 0.205. The Morgan fingerprint density at radius 1 is 0.941 bits per heavy atom. The first-order valence-corrected chi connectivity index (χ1v) is 10.2. The molecular weight excluding hydrogens is 444 g/mol. The number of aliphatic carboxylic acids is 2. The topological polar surface area (TPSA) is 162 Å². The zero-order valence-corrected chi connectivity index (χ0v) is 19.1. The number of methoxy groups -OCH3 is 1. The van der Waals surface area contributed by atoms with E-state index in [9.17, 15) is 29.7 Å². The number of carbonyl (C=O) groups excluding carboxylic acids is 1. The smallest absolute Gasteiger partial charge is 0.303 e. The van der Waals surface area contributed by atoms with E-state index in [1.165, 1.54) is 31.4 Å². The number of phenolic OH excluding ortho intramolecular Hbond substituents is 3. The Bertz CT molecular complexity index is 1060. The van der Waals surface area contributed by atoms with Crippen molar-refractivity contribution in [1.82, 2.24) is 0 Å². The average molecular weight is 472 g/mol. The van der Waals surface area contributed by atoms with Crippen LogP contribution < -0.4 is 4.74 Å². The lowest BCUT2D eigenvalue weighted by molar-refractivity contribution is -0.143. The molecule has 0 amide bonds. The second-order valence-corrected chi connectivity index (χ2v) is 7.36. The molecule has 0 aromatic heterocycles. The van der Waals surface area contributed by atoms with Crippen LogP contribution in [0.5, 0.6) is 23.0 Å². The fourth-order valence-electron chi connectivity index (χ4n) is 2.63. The number of rotatable bonds is 9. The van der Waals surface area contributed by atoms with E-state index < -0.39 is 17.7 Å². The van der Waals surface area contributed by atoms with Gasteiger partial charge in [-0.3, -0.25) is 14.4 Å². The van der Waals surface area contributed by atoms with Crippen molar-refractivity contribution in [3.05, 3.63) is 64.7 Å². The standard InChI is InChI=1S/C21H22O5.C4H6O4/c1-13(2)4-10-16-18(24)12-19(26-3)20(21(16)25)17(23)11-7-14-5-8-15(22)9-6-14;5-3(6)1-2-4(7)8/h4-9,11-12,22,24-25H,10H2,1-3H3;1-2H2,(H,5,6)(H,7,8)/b11-7+;. The minimum Gasteiger partial charge on any atom is -0.508 e. The Hall–Kier alpha value is -4.27. The van der Waals surface area contributed by atoms with Crippen LogP contribution in [0, 0.1) is 0 Å². The second kappa shape index (κ2) is 13.3. The van der Waals surface area contributed by atoms with Gasteiger partial charge in [0, 0.05) is 11.6 Å². The summed E-state index contributed by atoms with van der Waals surface area (Å²) in [6.45, 7) is 3.81. The van der Waals surface area contributed by atoms with Gasteiger partial charge in [-0.25, -0.2) is 0 Å². The van der Waals surface area contributed by atoms with Gasteiger partial charge in [-0.05, 0) is 44.0 Å². The number of allylic oxidation sites excluding steroid dienone is 3. The molecule has 0 saturated heterocycles. The predicted molar refractivity (Wildman–Crippen MR) is 125 cm³/mol. The predicted octanol–water partition coefficient (Wildman–Crippen LogP) is 4.15.